The van der Waals surface area contributed by atoms with Gasteiger partial charge in [-0.1, -0.05) is 30.3 Å². The van der Waals surface area contributed by atoms with Crippen LogP contribution in [-0.2, 0) is 16.0 Å². The third-order valence-electron chi connectivity index (χ3n) is 5.61. The lowest BCUT2D eigenvalue weighted by Crippen LogP contribution is -2.59. The van der Waals surface area contributed by atoms with E-state index in [4.69, 9.17) is 10.5 Å². The lowest BCUT2D eigenvalue weighted by molar-refractivity contribution is -0.145. The highest BCUT2D eigenvalue weighted by Gasteiger charge is 2.38. The van der Waals surface area contributed by atoms with Crippen LogP contribution in [0.25, 0.3) is 0 Å². The summed E-state index contributed by atoms with van der Waals surface area (Å²) < 4.78 is 5.79. The Morgan fingerprint density at radius 1 is 1.19 bits per heavy atom. The van der Waals surface area contributed by atoms with Crippen molar-refractivity contribution in [1.82, 2.24) is 9.80 Å². The molecular formula is C20H29N3O4. The molecule has 3 unspecified atom stereocenters. The van der Waals surface area contributed by atoms with Crippen molar-refractivity contribution in [2.75, 3.05) is 32.7 Å². The molecule has 2 fully saturated rings. The molecule has 1 saturated carbocycles. The number of nitrogens with two attached hydrogens (primary N) is 1. The van der Waals surface area contributed by atoms with Gasteiger partial charge in [-0.2, -0.15) is 0 Å². The Balaban J connectivity index is 1.60. The molecule has 3 rings (SSSR count). The minimum absolute atomic E-state index is 0.144. The topological polar surface area (TPSA) is 96.1 Å². The van der Waals surface area contributed by atoms with Gasteiger partial charge in [0.05, 0.1) is 0 Å². The molecule has 0 bridgehead atoms. The van der Waals surface area contributed by atoms with Crippen molar-refractivity contribution in [2.24, 2.45) is 11.7 Å². The van der Waals surface area contributed by atoms with E-state index in [0.29, 0.717) is 32.7 Å². The van der Waals surface area contributed by atoms with Gasteiger partial charge in [-0.15, -0.1) is 0 Å². The summed E-state index contributed by atoms with van der Waals surface area (Å²) >= 11 is 0. The summed E-state index contributed by atoms with van der Waals surface area (Å²) in [4.78, 5) is 27.7. The molecule has 0 radical (unpaired) electrons. The fourth-order valence-corrected chi connectivity index (χ4v) is 4.16. The number of ether oxygens (including phenoxy) is 1. The first-order chi connectivity index (χ1) is 13.1. The zero-order valence-electron chi connectivity index (χ0n) is 15.6. The number of benzene rings is 1. The van der Waals surface area contributed by atoms with Crippen molar-refractivity contribution in [3.8, 4) is 0 Å². The number of amides is 1. The largest absolute Gasteiger partial charge is 0.480 e. The third kappa shape index (κ3) is 4.99. The number of carbonyl (C=O) groups is 2. The Labute approximate surface area is 160 Å². The number of piperazine rings is 1. The SMILES string of the molecule is NCCN1CCN(C(=O)OC2CCCC2Cc2ccccc2)C(C(=O)O)C1. The van der Waals surface area contributed by atoms with Crippen molar-refractivity contribution in [1.29, 1.82) is 0 Å². The average Bonchev–Trinajstić information content (AvgIpc) is 3.09. The van der Waals surface area contributed by atoms with Crippen LogP contribution >= 0.6 is 0 Å². The fraction of sp³-hybridized carbons (Fsp3) is 0.600. The number of hydrogen-bond acceptors (Lipinski definition) is 5. The molecule has 0 spiro atoms. The molecule has 1 aromatic rings. The molecule has 148 valence electrons. The van der Waals surface area contributed by atoms with E-state index in [0.717, 1.165) is 25.7 Å². The van der Waals surface area contributed by atoms with Crippen molar-refractivity contribution >= 4 is 12.1 Å². The highest BCUT2D eigenvalue weighted by molar-refractivity contribution is 5.80. The van der Waals surface area contributed by atoms with Crippen LogP contribution in [0.4, 0.5) is 4.79 Å². The highest BCUT2D eigenvalue weighted by atomic mass is 16.6. The van der Waals surface area contributed by atoms with Gasteiger partial charge in [-0.25, -0.2) is 9.59 Å². The Morgan fingerprint density at radius 2 is 1.96 bits per heavy atom. The molecule has 7 heteroatoms. The Morgan fingerprint density at radius 3 is 2.67 bits per heavy atom. The number of carbonyl (C=O) groups excluding carboxylic acids is 1. The van der Waals surface area contributed by atoms with Gasteiger partial charge in [0.1, 0.15) is 12.1 Å². The summed E-state index contributed by atoms with van der Waals surface area (Å²) in [5.41, 5.74) is 6.81. The fourth-order valence-electron chi connectivity index (χ4n) is 4.16. The van der Waals surface area contributed by atoms with Gasteiger partial charge in [0.2, 0.25) is 0 Å². The number of nitrogens with zero attached hydrogens (tertiary/aromatic N) is 2. The van der Waals surface area contributed by atoms with Crippen molar-refractivity contribution in [3.05, 3.63) is 35.9 Å². The van der Waals surface area contributed by atoms with Crippen LogP contribution in [0.1, 0.15) is 24.8 Å². The molecule has 3 atom stereocenters. The summed E-state index contributed by atoms with van der Waals surface area (Å²) in [7, 11) is 0. The summed E-state index contributed by atoms with van der Waals surface area (Å²) in [6.07, 6.45) is 3.13. The number of carboxylic acid groups (broad SMARTS) is 1. The number of aliphatic carboxylic acids is 1. The van der Waals surface area contributed by atoms with Gasteiger partial charge >= 0.3 is 12.1 Å². The maximum atomic E-state index is 12.7. The molecule has 0 aromatic heterocycles. The van der Waals surface area contributed by atoms with E-state index in [1.807, 2.05) is 23.1 Å². The number of hydrogen-bond donors (Lipinski definition) is 2. The maximum Gasteiger partial charge on any atom is 0.410 e. The molecule has 7 nitrogen and oxygen atoms in total. The monoisotopic (exact) mass is 375 g/mol. The van der Waals surface area contributed by atoms with Crippen LogP contribution in [0.2, 0.25) is 0 Å². The molecule has 3 N–H and O–H groups in total. The second kappa shape index (κ2) is 9.19. The van der Waals surface area contributed by atoms with Crippen molar-refractivity contribution < 1.29 is 19.4 Å². The van der Waals surface area contributed by atoms with Crippen LogP contribution in [0.5, 0.6) is 0 Å². The van der Waals surface area contributed by atoms with E-state index in [1.165, 1.54) is 10.5 Å². The smallest absolute Gasteiger partial charge is 0.410 e. The van der Waals surface area contributed by atoms with E-state index in [9.17, 15) is 14.7 Å². The predicted octanol–water partition coefficient (Wildman–Crippen LogP) is 1.56. The molecule has 1 aromatic carbocycles. The Hall–Kier alpha value is -2.12. The minimum Gasteiger partial charge on any atom is -0.480 e. The van der Waals surface area contributed by atoms with Crippen LogP contribution in [-0.4, -0.2) is 71.8 Å². The summed E-state index contributed by atoms with van der Waals surface area (Å²) in [6, 6.07) is 9.33. The first-order valence-corrected chi connectivity index (χ1v) is 9.75. The zero-order chi connectivity index (χ0) is 19.2. The number of rotatable bonds is 6. The van der Waals surface area contributed by atoms with Crippen LogP contribution < -0.4 is 5.73 Å². The first kappa shape index (κ1) is 19.6. The zero-order valence-corrected chi connectivity index (χ0v) is 15.6. The molecule has 27 heavy (non-hydrogen) atoms. The molecule has 1 aliphatic carbocycles. The van der Waals surface area contributed by atoms with Crippen LogP contribution in [0.3, 0.4) is 0 Å². The normalized spacial score (nSPS) is 26.1. The summed E-state index contributed by atoms with van der Waals surface area (Å²) in [6.45, 7) is 2.37. The van der Waals surface area contributed by atoms with E-state index in [2.05, 4.69) is 12.1 Å². The van der Waals surface area contributed by atoms with Crippen LogP contribution in [0, 0.1) is 5.92 Å². The van der Waals surface area contributed by atoms with Gasteiger partial charge in [-0.05, 0) is 31.2 Å². The Kier molecular flexibility index (Phi) is 6.68. The summed E-state index contributed by atoms with van der Waals surface area (Å²) in [5.74, 6) is -0.709. The second-order valence-electron chi connectivity index (χ2n) is 7.44. The second-order valence-corrected chi connectivity index (χ2v) is 7.44. The summed E-state index contributed by atoms with van der Waals surface area (Å²) in [5, 5.41) is 9.54. The lowest BCUT2D eigenvalue weighted by Gasteiger charge is -2.39. The van der Waals surface area contributed by atoms with Crippen molar-refractivity contribution in [2.45, 2.75) is 37.8 Å². The molecule has 1 aliphatic heterocycles. The third-order valence-corrected chi connectivity index (χ3v) is 5.61. The van der Waals surface area contributed by atoms with Gasteiger partial charge < -0.3 is 15.6 Å². The molecule has 1 saturated heterocycles. The van der Waals surface area contributed by atoms with E-state index < -0.39 is 18.1 Å². The van der Waals surface area contributed by atoms with Gasteiger partial charge in [-0.3, -0.25) is 9.80 Å². The van der Waals surface area contributed by atoms with E-state index in [-0.39, 0.29) is 12.0 Å². The maximum absolute atomic E-state index is 12.7. The minimum atomic E-state index is -0.999. The predicted molar refractivity (Wildman–Crippen MR) is 101 cm³/mol. The van der Waals surface area contributed by atoms with Crippen molar-refractivity contribution in [3.63, 3.8) is 0 Å². The Bertz CT molecular complexity index is 639. The van der Waals surface area contributed by atoms with E-state index in [1.54, 1.807) is 0 Å². The molecular weight excluding hydrogens is 346 g/mol. The number of carboxylic acids is 1. The first-order valence-electron chi connectivity index (χ1n) is 9.75. The quantitative estimate of drug-likeness (QED) is 0.783. The van der Waals surface area contributed by atoms with Gasteiger partial charge in [0.25, 0.3) is 0 Å². The van der Waals surface area contributed by atoms with Gasteiger partial charge in [0, 0.05) is 38.6 Å². The average molecular weight is 375 g/mol. The molecule has 1 amide bonds. The molecule has 2 aliphatic rings. The molecule has 1 heterocycles. The standard InChI is InChI=1S/C20H29N3O4/c21-9-10-22-11-12-23(17(14-22)19(24)25)20(26)27-18-8-4-7-16(18)13-15-5-2-1-3-6-15/h1-3,5-6,16-18H,4,7-14,21H2,(H,24,25). The highest BCUT2D eigenvalue weighted by Crippen LogP contribution is 2.32. The lowest BCUT2D eigenvalue weighted by atomic mass is 9.96. The van der Waals surface area contributed by atoms with Gasteiger partial charge in [0.15, 0.2) is 0 Å². The van der Waals surface area contributed by atoms with E-state index >= 15 is 0 Å². The van der Waals surface area contributed by atoms with Crippen LogP contribution in [0.15, 0.2) is 30.3 Å².